The van der Waals surface area contributed by atoms with E-state index in [-0.39, 0.29) is 6.17 Å². The van der Waals surface area contributed by atoms with E-state index in [4.69, 9.17) is 1.37 Å². The van der Waals surface area contributed by atoms with Crippen molar-refractivity contribution in [2.45, 2.75) is 6.42 Å². The van der Waals surface area contributed by atoms with Crippen LogP contribution in [0.4, 0.5) is 0 Å². The third-order valence-corrected chi connectivity index (χ3v) is 0.768. The van der Waals surface area contributed by atoms with Crippen LogP contribution >= 0.6 is 0 Å². The van der Waals surface area contributed by atoms with Crippen LogP contribution < -0.4 is 0 Å². The Morgan fingerprint density at radius 2 is 3.00 bits per heavy atom. The zero-order valence-electron chi connectivity index (χ0n) is 5.39. The summed E-state index contributed by atoms with van der Waals surface area (Å²) in [5, 5.41) is 9.47. The summed E-state index contributed by atoms with van der Waals surface area (Å²) < 4.78 is 7.10. The van der Waals surface area contributed by atoms with E-state index in [2.05, 4.69) is 22.0 Å². The maximum absolute atomic E-state index is 7.10. The quantitative estimate of drug-likeness (QED) is 0.564. The Balaban J connectivity index is 2.80. The molecule has 0 radical (unpaired) electrons. The van der Waals surface area contributed by atoms with Crippen molar-refractivity contribution in [2.24, 2.45) is 0 Å². The van der Waals surface area contributed by atoms with Crippen molar-refractivity contribution in [1.82, 2.24) is 15.4 Å². The van der Waals surface area contributed by atoms with Crippen LogP contribution in [0.2, 0.25) is 0 Å². The highest BCUT2D eigenvalue weighted by atomic mass is 15.3. The van der Waals surface area contributed by atoms with Crippen molar-refractivity contribution in [3.63, 3.8) is 0 Å². The highest BCUT2D eigenvalue weighted by molar-refractivity contribution is 4.96. The largest absolute Gasteiger partial charge is 0.262 e. The zero-order chi connectivity index (χ0) is 6.69. The molecular formula is C5H7N3. The molecule has 1 aromatic heterocycles. The molecule has 3 nitrogen and oxygen atoms in total. The molecule has 0 bridgehead atoms. The fourth-order valence-electron chi connectivity index (χ4n) is 0.431. The lowest BCUT2D eigenvalue weighted by atomic mass is 10.3. The molecule has 0 fully saturated rings. The topological polar surface area (TPSA) is 41.6 Å². The number of rotatable bonds is 2. The third-order valence-electron chi connectivity index (χ3n) is 0.768. The van der Waals surface area contributed by atoms with Gasteiger partial charge in [0.25, 0.3) is 0 Å². The van der Waals surface area contributed by atoms with Crippen molar-refractivity contribution in [3.8, 4) is 0 Å². The highest BCUT2D eigenvalue weighted by Crippen LogP contribution is 1.88. The van der Waals surface area contributed by atoms with Gasteiger partial charge in [-0.3, -0.25) is 5.10 Å². The molecule has 42 valence electrons. The predicted molar refractivity (Wildman–Crippen MR) is 30.3 cm³/mol. The van der Waals surface area contributed by atoms with Gasteiger partial charge in [-0.1, -0.05) is 11.3 Å². The first-order valence-corrected chi connectivity index (χ1v) is 2.32. The number of nitrogens with zero attached hydrogens (tertiary/aromatic N) is 2. The molecule has 0 amide bonds. The van der Waals surface area contributed by atoms with Gasteiger partial charge in [0.2, 0.25) is 0 Å². The minimum absolute atomic E-state index is 0.204. The molecule has 1 N–H and O–H groups in total. The third kappa shape index (κ3) is 0.932. The zero-order valence-corrected chi connectivity index (χ0v) is 4.39. The van der Waals surface area contributed by atoms with Crippen molar-refractivity contribution < 1.29 is 1.37 Å². The van der Waals surface area contributed by atoms with Crippen LogP contribution in [-0.2, 0) is 6.42 Å². The van der Waals surface area contributed by atoms with E-state index in [0.29, 0.717) is 12.1 Å². The Morgan fingerprint density at radius 3 is 3.50 bits per heavy atom. The highest BCUT2D eigenvalue weighted by Gasteiger charge is 1.86. The summed E-state index contributed by atoms with van der Waals surface area (Å²) in [5.74, 6) is 0. The normalized spacial score (nSPS) is 10.8. The molecule has 3 heteroatoms. The van der Waals surface area contributed by atoms with Gasteiger partial charge in [0.15, 0.2) is 0 Å². The van der Waals surface area contributed by atoms with E-state index in [1.54, 1.807) is 6.08 Å². The number of aromatic nitrogens is 3. The fourth-order valence-corrected chi connectivity index (χ4v) is 0.431. The van der Waals surface area contributed by atoms with Crippen LogP contribution in [0, 0.1) is 0 Å². The number of aromatic amines is 1. The molecule has 0 atom stereocenters. The predicted octanol–water partition coefficient (Wildman–Crippen LogP) is 0.533. The van der Waals surface area contributed by atoms with Gasteiger partial charge in [0.05, 0.1) is 13.2 Å². The lowest BCUT2D eigenvalue weighted by Gasteiger charge is -1.80. The Morgan fingerprint density at radius 1 is 2.12 bits per heavy atom. The first-order valence-electron chi connectivity index (χ1n) is 2.82. The Labute approximate surface area is 48.8 Å². The van der Waals surface area contributed by atoms with Crippen molar-refractivity contribution in [3.05, 3.63) is 24.5 Å². The molecule has 1 heterocycles. The first kappa shape index (κ1) is 3.83. The summed E-state index contributed by atoms with van der Waals surface area (Å²) in [6.45, 7) is 3.52. The van der Waals surface area contributed by atoms with Gasteiger partial charge in [-0.05, 0) is 0 Å². The summed E-state index contributed by atoms with van der Waals surface area (Å²) in [4.78, 5) is 0. The first-order chi connectivity index (χ1) is 4.34. The van der Waals surface area contributed by atoms with Crippen LogP contribution in [0.5, 0.6) is 0 Å². The Hall–Kier alpha value is -1.12. The van der Waals surface area contributed by atoms with E-state index in [0.717, 1.165) is 0 Å². The second kappa shape index (κ2) is 2.26. The van der Waals surface area contributed by atoms with Gasteiger partial charge in [0.1, 0.15) is 0 Å². The minimum atomic E-state index is 0.204. The second-order valence-electron chi connectivity index (χ2n) is 1.39. The van der Waals surface area contributed by atoms with Crippen molar-refractivity contribution in [1.29, 1.82) is 0 Å². The van der Waals surface area contributed by atoms with Crippen molar-refractivity contribution >= 4 is 0 Å². The molecule has 1 aromatic rings. The average molecular weight is 110 g/mol. The molecule has 8 heavy (non-hydrogen) atoms. The van der Waals surface area contributed by atoms with Crippen LogP contribution in [0.3, 0.4) is 0 Å². The monoisotopic (exact) mass is 110 g/mol. The molecule has 0 spiro atoms. The van der Waals surface area contributed by atoms with E-state index >= 15 is 0 Å². The van der Waals surface area contributed by atoms with Gasteiger partial charge in [-0.15, -0.1) is 11.7 Å². The fraction of sp³-hybridized carbons (Fsp3) is 0.200. The van der Waals surface area contributed by atoms with E-state index in [1.165, 1.54) is 0 Å². The summed E-state index contributed by atoms with van der Waals surface area (Å²) in [5.41, 5.74) is 0.713. The minimum Gasteiger partial charge on any atom is -0.262 e. The van der Waals surface area contributed by atoms with Crippen LogP contribution in [-0.4, -0.2) is 15.4 Å². The lowest BCUT2D eigenvalue weighted by Crippen LogP contribution is -1.77. The van der Waals surface area contributed by atoms with Crippen molar-refractivity contribution in [2.75, 3.05) is 0 Å². The Bertz CT molecular complexity index is 206. The standard InChI is InChI=1S/C5H7N3/c1-2-3-5-4-6-8-7-5/h2,4H,1,3H2,(H,6,7,8)/i4D. The summed E-state index contributed by atoms with van der Waals surface area (Å²) in [7, 11) is 0. The van der Waals surface area contributed by atoms with Gasteiger partial charge in [-0.25, -0.2) is 0 Å². The van der Waals surface area contributed by atoms with Crippen LogP contribution in [0.25, 0.3) is 0 Å². The molecule has 0 aliphatic heterocycles. The van der Waals surface area contributed by atoms with E-state index < -0.39 is 0 Å². The molecule has 0 unspecified atom stereocenters. The maximum Gasteiger partial charge on any atom is 0.0880 e. The summed E-state index contributed by atoms with van der Waals surface area (Å²) >= 11 is 0. The van der Waals surface area contributed by atoms with E-state index in [9.17, 15) is 0 Å². The maximum atomic E-state index is 7.10. The molecular weight excluding hydrogens is 102 g/mol. The Kier molecular flexibility index (Phi) is 1.08. The van der Waals surface area contributed by atoms with Gasteiger partial charge >= 0.3 is 0 Å². The number of hydrogen-bond donors (Lipinski definition) is 1. The average Bonchev–Trinajstić information content (AvgIpc) is 2.18. The molecule has 0 saturated carbocycles. The SMILES string of the molecule is [2H]c1nn[nH]c1CC=C. The molecule has 0 aromatic carbocycles. The molecule has 0 saturated heterocycles. The molecule has 1 rings (SSSR count). The second-order valence-corrected chi connectivity index (χ2v) is 1.39. The van der Waals surface area contributed by atoms with E-state index in [1.807, 2.05) is 0 Å². The lowest BCUT2D eigenvalue weighted by molar-refractivity contribution is 0.919. The van der Waals surface area contributed by atoms with Crippen LogP contribution in [0.15, 0.2) is 18.8 Å². The van der Waals surface area contributed by atoms with Gasteiger partial charge in [-0.2, -0.15) is 0 Å². The van der Waals surface area contributed by atoms with Gasteiger partial charge < -0.3 is 0 Å². The van der Waals surface area contributed by atoms with Gasteiger partial charge in [0, 0.05) is 6.42 Å². The van der Waals surface area contributed by atoms with Crippen LogP contribution in [0.1, 0.15) is 7.06 Å². The smallest absolute Gasteiger partial charge is 0.0880 e. The molecule has 0 aliphatic rings. The number of hydrogen-bond acceptors (Lipinski definition) is 2. The summed E-state index contributed by atoms with van der Waals surface area (Å²) in [6.07, 6.45) is 2.54. The number of H-pyrrole nitrogens is 1. The number of nitrogens with one attached hydrogen (secondary N) is 1. The summed E-state index contributed by atoms with van der Waals surface area (Å²) in [6, 6.07) is 0. The molecule has 0 aliphatic carbocycles. The number of allylic oxidation sites excluding steroid dienone is 1.